The van der Waals surface area contributed by atoms with Gasteiger partial charge in [0.2, 0.25) is 12.7 Å². The van der Waals surface area contributed by atoms with Crippen molar-refractivity contribution in [2.75, 3.05) is 25.2 Å². The highest BCUT2D eigenvalue weighted by molar-refractivity contribution is 5.90. The Bertz CT molecular complexity index is 967. The molecular formula is C24H29N3O4. The third-order valence-corrected chi connectivity index (χ3v) is 6.23. The number of carbonyl (C=O) groups is 2. The predicted molar refractivity (Wildman–Crippen MR) is 118 cm³/mol. The molecule has 0 spiro atoms. The number of piperidine rings is 1. The highest BCUT2D eigenvalue weighted by Crippen LogP contribution is 2.34. The number of benzene rings is 2. The molecule has 1 fully saturated rings. The molecule has 7 heteroatoms. The Balaban J connectivity index is 1.29. The molecule has 2 heterocycles. The number of anilines is 1. The maximum absolute atomic E-state index is 12.9. The number of ether oxygens (including phenoxy) is 2. The summed E-state index contributed by atoms with van der Waals surface area (Å²) in [6.45, 7) is 5.81. The fourth-order valence-corrected chi connectivity index (χ4v) is 4.02. The van der Waals surface area contributed by atoms with Crippen LogP contribution in [0.2, 0.25) is 0 Å². The Hall–Kier alpha value is -3.22. The van der Waals surface area contributed by atoms with Crippen molar-refractivity contribution in [3.8, 4) is 11.5 Å². The van der Waals surface area contributed by atoms with E-state index in [4.69, 9.17) is 9.47 Å². The van der Waals surface area contributed by atoms with Gasteiger partial charge in [-0.15, -0.1) is 0 Å². The van der Waals surface area contributed by atoms with Gasteiger partial charge in [-0.25, -0.2) is 4.79 Å². The molecule has 2 aliphatic heterocycles. The molecular weight excluding hydrogens is 394 g/mol. The van der Waals surface area contributed by atoms with Crippen LogP contribution in [0, 0.1) is 5.41 Å². The molecule has 7 nitrogen and oxygen atoms in total. The van der Waals surface area contributed by atoms with Crippen molar-refractivity contribution in [2.24, 2.45) is 5.41 Å². The first kappa shape index (κ1) is 21.0. The summed E-state index contributed by atoms with van der Waals surface area (Å²) in [7, 11) is 0. The molecule has 2 N–H and O–H groups in total. The van der Waals surface area contributed by atoms with Crippen molar-refractivity contribution in [3.05, 3.63) is 53.6 Å². The number of para-hydroxylation sites is 1. The fourth-order valence-electron chi connectivity index (χ4n) is 4.02. The van der Waals surface area contributed by atoms with Crippen LogP contribution >= 0.6 is 0 Å². The molecule has 0 aliphatic carbocycles. The predicted octanol–water partition coefficient (Wildman–Crippen LogP) is 3.93. The van der Waals surface area contributed by atoms with Gasteiger partial charge in [-0.1, -0.05) is 38.1 Å². The van der Waals surface area contributed by atoms with Gasteiger partial charge in [-0.2, -0.15) is 0 Å². The average Bonchev–Trinajstić information content (AvgIpc) is 3.26. The van der Waals surface area contributed by atoms with Gasteiger partial charge in [-0.05, 0) is 48.6 Å². The zero-order valence-electron chi connectivity index (χ0n) is 18.1. The Morgan fingerprint density at radius 3 is 2.58 bits per heavy atom. The van der Waals surface area contributed by atoms with E-state index in [0.717, 1.165) is 29.0 Å². The van der Waals surface area contributed by atoms with Crippen LogP contribution in [0.4, 0.5) is 10.5 Å². The van der Waals surface area contributed by atoms with Gasteiger partial charge in [0.1, 0.15) is 0 Å². The lowest BCUT2D eigenvalue weighted by Crippen LogP contribution is -2.49. The second-order valence-corrected chi connectivity index (χ2v) is 8.36. The Morgan fingerprint density at radius 2 is 1.81 bits per heavy atom. The van der Waals surface area contributed by atoms with E-state index in [9.17, 15) is 9.59 Å². The molecule has 2 aromatic rings. The van der Waals surface area contributed by atoms with Gasteiger partial charge in [0.25, 0.3) is 0 Å². The van der Waals surface area contributed by atoms with Crippen LogP contribution in [0.15, 0.2) is 42.5 Å². The number of aryl methyl sites for hydroxylation is 1. The summed E-state index contributed by atoms with van der Waals surface area (Å²) in [5.74, 6) is 1.46. The van der Waals surface area contributed by atoms with Crippen LogP contribution in [0.3, 0.4) is 0 Å². The number of amides is 3. The Morgan fingerprint density at radius 1 is 1.06 bits per heavy atom. The third kappa shape index (κ3) is 4.60. The van der Waals surface area contributed by atoms with E-state index >= 15 is 0 Å². The topological polar surface area (TPSA) is 79.9 Å². The van der Waals surface area contributed by atoms with Crippen LogP contribution in [-0.4, -0.2) is 36.7 Å². The zero-order valence-corrected chi connectivity index (χ0v) is 18.1. The molecule has 0 unspecified atom stereocenters. The summed E-state index contributed by atoms with van der Waals surface area (Å²) in [5, 5.41) is 6.06. The van der Waals surface area contributed by atoms with E-state index < -0.39 is 5.41 Å². The van der Waals surface area contributed by atoms with Gasteiger partial charge >= 0.3 is 6.03 Å². The van der Waals surface area contributed by atoms with Gasteiger partial charge in [0.15, 0.2) is 11.5 Å². The first-order valence-corrected chi connectivity index (χ1v) is 10.8. The largest absolute Gasteiger partial charge is 0.454 e. The van der Waals surface area contributed by atoms with Crippen molar-refractivity contribution < 1.29 is 19.1 Å². The maximum Gasteiger partial charge on any atom is 0.321 e. The van der Waals surface area contributed by atoms with Gasteiger partial charge in [-0.3, -0.25) is 4.79 Å². The number of hydrogen-bond acceptors (Lipinski definition) is 4. The molecule has 3 amide bonds. The molecule has 4 rings (SSSR count). The zero-order chi connectivity index (χ0) is 21.8. The Labute approximate surface area is 182 Å². The molecule has 0 bridgehead atoms. The second-order valence-electron chi connectivity index (χ2n) is 8.36. The van der Waals surface area contributed by atoms with E-state index in [1.165, 1.54) is 0 Å². The number of nitrogens with one attached hydrogen (secondary N) is 2. The van der Waals surface area contributed by atoms with Crippen molar-refractivity contribution in [2.45, 2.75) is 39.7 Å². The molecule has 0 saturated carbocycles. The van der Waals surface area contributed by atoms with Crippen LogP contribution < -0.4 is 20.1 Å². The van der Waals surface area contributed by atoms with E-state index in [2.05, 4.69) is 17.6 Å². The average molecular weight is 424 g/mol. The summed E-state index contributed by atoms with van der Waals surface area (Å²) < 4.78 is 10.7. The smallest absolute Gasteiger partial charge is 0.321 e. The molecule has 2 aliphatic rings. The van der Waals surface area contributed by atoms with Crippen LogP contribution in [0.1, 0.15) is 37.8 Å². The summed E-state index contributed by atoms with van der Waals surface area (Å²) in [6, 6.07) is 13.4. The van der Waals surface area contributed by atoms with Gasteiger partial charge in [0, 0.05) is 30.7 Å². The van der Waals surface area contributed by atoms with Crippen LogP contribution in [0.25, 0.3) is 0 Å². The summed E-state index contributed by atoms with van der Waals surface area (Å²) in [6.07, 6.45) is 2.11. The molecule has 0 aromatic heterocycles. The van der Waals surface area contributed by atoms with Crippen molar-refractivity contribution in [3.63, 3.8) is 0 Å². The number of likely N-dealkylation sites (tertiary alicyclic amines) is 1. The minimum Gasteiger partial charge on any atom is -0.454 e. The lowest BCUT2D eigenvalue weighted by Gasteiger charge is -2.38. The SMILES string of the molecule is CCc1ccccc1NC(=O)N1CCC(C)(C(=O)NCc2ccc3c(c2)OCO3)CC1. The number of fused-ring (bicyclic) bond motifs is 1. The van der Waals surface area contributed by atoms with E-state index in [-0.39, 0.29) is 18.7 Å². The quantitative estimate of drug-likeness (QED) is 0.764. The molecule has 2 aromatic carbocycles. The number of nitrogens with zero attached hydrogens (tertiary/aromatic N) is 1. The lowest BCUT2D eigenvalue weighted by atomic mass is 9.79. The molecule has 164 valence electrons. The number of rotatable bonds is 5. The lowest BCUT2D eigenvalue weighted by molar-refractivity contribution is -0.132. The maximum atomic E-state index is 12.9. The summed E-state index contributed by atoms with van der Waals surface area (Å²) in [5.41, 5.74) is 2.44. The molecule has 0 atom stereocenters. The van der Waals surface area contributed by atoms with E-state index in [0.29, 0.717) is 38.2 Å². The standard InChI is InChI=1S/C24H29N3O4/c1-3-18-6-4-5-7-19(18)26-23(29)27-12-10-24(2,11-13-27)22(28)25-15-17-8-9-20-21(14-17)31-16-30-20/h4-9,14H,3,10-13,15-16H2,1-2H3,(H,25,28)(H,26,29). The third-order valence-electron chi connectivity index (χ3n) is 6.23. The fraction of sp³-hybridized carbons (Fsp3) is 0.417. The van der Waals surface area contributed by atoms with Crippen molar-refractivity contribution in [1.29, 1.82) is 0 Å². The summed E-state index contributed by atoms with van der Waals surface area (Å²) >= 11 is 0. The molecule has 0 radical (unpaired) electrons. The minimum atomic E-state index is -0.492. The normalized spacial score (nSPS) is 16.6. The van der Waals surface area contributed by atoms with E-state index in [1.807, 2.05) is 49.4 Å². The van der Waals surface area contributed by atoms with Crippen LogP contribution in [0.5, 0.6) is 11.5 Å². The minimum absolute atomic E-state index is 0.0153. The van der Waals surface area contributed by atoms with E-state index in [1.54, 1.807) is 4.90 Å². The summed E-state index contributed by atoms with van der Waals surface area (Å²) in [4.78, 5) is 27.4. The highest BCUT2D eigenvalue weighted by atomic mass is 16.7. The Kier molecular flexibility index (Phi) is 6.02. The first-order valence-electron chi connectivity index (χ1n) is 10.8. The first-order chi connectivity index (χ1) is 15.0. The number of hydrogen-bond donors (Lipinski definition) is 2. The molecule has 31 heavy (non-hydrogen) atoms. The number of urea groups is 1. The van der Waals surface area contributed by atoms with Crippen molar-refractivity contribution >= 4 is 17.6 Å². The molecule has 1 saturated heterocycles. The van der Waals surface area contributed by atoms with Gasteiger partial charge in [0.05, 0.1) is 0 Å². The monoisotopic (exact) mass is 423 g/mol. The van der Waals surface area contributed by atoms with Crippen LogP contribution in [-0.2, 0) is 17.8 Å². The second kappa shape index (κ2) is 8.88. The van der Waals surface area contributed by atoms with Crippen molar-refractivity contribution in [1.82, 2.24) is 10.2 Å². The number of carbonyl (C=O) groups excluding carboxylic acids is 2. The van der Waals surface area contributed by atoms with Gasteiger partial charge < -0.3 is 25.0 Å². The highest BCUT2D eigenvalue weighted by Gasteiger charge is 2.38.